The molecule has 3 atom stereocenters. The average Bonchev–Trinajstić information content (AvgIpc) is 2.74. The molecule has 3 unspecified atom stereocenters. The number of hydrogen-bond donors (Lipinski definition) is 1. The van der Waals surface area contributed by atoms with Gasteiger partial charge in [0.1, 0.15) is 0 Å². The molecule has 2 nitrogen and oxygen atoms in total. The van der Waals surface area contributed by atoms with Crippen LogP contribution in [0.15, 0.2) is 10.4 Å². The monoisotopic (exact) mass is 410 g/mol. The van der Waals surface area contributed by atoms with Crippen LogP contribution in [0, 0.1) is 11.3 Å². The summed E-state index contributed by atoms with van der Waals surface area (Å²) in [7, 11) is 0. The Bertz CT molecular complexity index is 389. The molecule has 0 aromatic heterocycles. The molecule has 0 saturated carbocycles. The van der Waals surface area contributed by atoms with E-state index in [0.29, 0.717) is 10.6 Å². The van der Waals surface area contributed by atoms with Crippen molar-refractivity contribution in [1.82, 2.24) is 0 Å². The summed E-state index contributed by atoms with van der Waals surface area (Å²) in [5, 5.41) is 9.18. The summed E-state index contributed by atoms with van der Waals surface area (Å²) in [6, 6.07) is 0. The molecule has 5 heteroatoms. The van der Waals surface area contributed by atoms with Crippen molar-refractivity contribution >= 4 is 45.3 Å². The van der Waals surface area contributed by atoms with Gasteiger partial charge in [-0.05, 0) is 25.7 Å². The molecule has 1 N–H and O–H groups in total. The predicted molar refractivity (Wildman–Crippen MR) is 101 cm³/mol. The van der Waals surface area contributed by atoms with Crippen LogP contribution in [-0.2, 0) is 4.79 Å². The number of thioether (sulfide) groups is 1. The molecule has 1 aliphatic heterocycles. The maximum atomic E-state index is 11.2. The van der Waals surface area contributed by atoms with Crippen molar-refractivity contribution in [3.63, 3.8) is 0 Å². The maximum absolute atomic E-state index is 11.2. The van der Waals surface area contributed by atoms with E-state index in [-0.39, 0.29) is 11.3 Å². The third-order valence-electron chi connectivity index (χ3n) is 4.60. The summed E-state index contributed by atoms with van der Waals surface area (Å²) in [6.45, 7) is 4.18. The first-order valence-electron chi connectivity index (χ1n) is 8.37. The van der Waals surface area contributed by atoms with E-state index in [0.717, 1.165) is 30.0 Å². The second kappa shape index (κ2) is 10.2. The van der Waals surface area contributed by atoms with Crippen molar-refractivity contribution in [3.05, 3.63) is 10.4 Å². The highest BCUT2D eigenvalue weighted by Crippen LogP contribution is 2.55. The van der Waals surface area contributed by atoms with Gasteiger partial charge < -0.3 is 5.11 Å². The van der Waals surface area contributed by atoms with Gasteiger partial charge in [-0.25, -0.2) is 0 Å². The number of unbranched alkanes of at least 4 members (excludes halogenated alkanes) is 3. The number of carboxylic acids is 1. The Morgan fingerprint density at radius 3 is 2.55 bits per heavy atom. The third-order valence-corrected chi connectivity index (χ3v) is 7.47. The van der Waals surface area contributed by atoms with Crippen LogP contribution >= 0.6 is 39.3 Å². The molecule has 1 rings (SSSR count). The van der Waals surface area contributed by atoms with Crippen LogP contribution < -0.4 is 0 Å². The molecule has 0 bridgehead atoms. The van der Waals surface area contributed by atoms with E-state index in [1.165, 1.54) is 25.7 Å². The molecule has 0 aromatic carbocycles. The molecule has 0 fully saturated rings. The lowest BCUT2D eigenvalue weighted by Crippen LogP contribution is -2.25. The Hall–Kier alpha value is 0.330. The number of carbonyl (C=O) groups is 1. The number of alkyl halides is 1. The molecule has 0 aliphatic carbocycles. The predicted octanol–water partition coefficient (Wildman–Crippen LogP) is 6.77. The van der Waals surface area contributed by atoms with Crippen LogP contribution in [0.25, 0.3) is 0 Å². The topological polar surface area (TPSA) is 37.3 Å². The number of allylic oxidation sites excluding steroid dienone is 1. The second-order valence-corrected chi connectivity index (χ2v) is 9.56. The fourth-order valence-electron chi connectivity index (χ4n) is 3.10. The van der Waals surface area contributed by atoms with Crippen LogP contribution in [0.4, 0.5) is 0 Å². The van der Waals surface area contributed by atoms with E-state index in [4.69, 9.17) is 11.6 Å². The van der Waals surface area contributed by atoms with Gasteiger partial charge in [-0.1, -0.05) is 91.3 Å². The van der Waals surface area contributed by atoms with E-state index >= 15 is 0 Å². The number of rotatable bonds is 11. The summed E-state index contributed by atoms with van der Waals surface area (Å²) in [6.07, 6.45) is 11.8. The molecule has 0 radical (unpaired) electrons. The molecular formula is C17H28BrClO2S. The number of aliphatic carboxylic acids is 1. The Labute approximate surface area is 152 Å². The van der Waals surface area contributed by atoms with Crippen molar-refractivity contribution in [3.8, 4) is 0 Å². The Morgan fingerprint density at radius 1 is 1.36 bits per heavy atom. The van der Waals surface area contributed by atoms with Gasteiger partial charge in [-0.3, -0.25) is 4.79 Å². The van der Waals surface area contributed by atoms with E-state index in [2.05, 4.69) is 28.9 Å². The van der Waals surface area contributed by atoms with Gasteiger partial charge in [0.15, 0.2) is 0 Å². The zero-order chi connectivity index (χ0) is 16.6. The van der Waals surface area contributed by atoms with E-state index in [1.807, 2.05) is 6.92 Å². The Balaban J connectivity index is 2.58. The van der Waals surface area contributed by atoms with Gasteiger partial charge >= 0.3 is 5.97 Å². The lowest BCUT2D eigenvalue weighted by Gasteiger charge is -2.31. The van der Waals surface area contributed by atoms with E-state index in [9.17, 15) is 9.90 Å². The number of halogens is 2. The molecular weight excluding hydrogens is 384 g/mol. The summed E-state index contributed by atoms with van der Waals surface area (Å²) in [4.78, 5) is 11.2. The molecule has 128 valence electrons. The first kappa shape index (κ1) is 20.4. The van der Waals surface area contributed by atoms with Crippen LogP contribution in [0.5, 0.6) is 0 Å². The van der Waals surface area contributed by atoms with Crippen molar-refractivity contribution in [2.24, 2.45) is 11.3 Å². The maximum Gasteiger partial charge on any atom is 0.306 e. The largest absolute Gasteiger partial charge is 0.481 e. The van der Waals surface area contributed by atoms with Crippen LogP contribution in [0.1, 0.15) is 71.6 Å². The number of hydrogen-bond acceptors (Lipinski definition) is 2. The Kier molecular flexibility index (Phi) is 9.49. The minimum atomic E-state index is -0.663. The molecule has 1 heterocycles. The summed E-state index contributed by atoms with van der Waals surface area (Å²) < 4.78 is 1.20. The molecule has 0 amide bonds. The third kappa shape index (κ3) is 6.09. The van der Waals surface area contributed by atoms with Crippen LogP contribution in [0.2, 0.25) is 0 Å². The van der Waals surface area contributed by atoms with Gasteiger partial charge in [0.2, 0.25) is 0 Å². The normalized spacial score (nSPS) is 26.0. The lowest BCUT2D eigenvalue weighted by atomic mass is 9.79. The molecule has 1 aliphatic rings. The van der Waals surface area contributed by atoms with Crippen molar-refractivity contribution < 1.29 is 9.90 Å². The second-order valence-electron chi connectivity index (χ2n) is 6.26. The zero-order valence-electron chi connectivity index (χ0n) is 13.6. The Morgan fingerprint density at radius 2 is 2.05 bits per heavy atom. The van der Waals surface area contributed by atoms with E-state index < -0.39 is 5.97 Å². The van der Waals surface area contributed by atoms with Crippen molar-refractivity contribution in [1.29, 1.82) is 0 Å². The smallest absolute Gasteiger partial charge is 0.306 e. The molecule has 22 heavy (non-hydrogen) atoms. The minimum absolute atomic E-state index is 0.0896. The first-order valence-corrected chi connectivity index (χ1v) is 10.5. The zero-order valence-corrected chi connectivity index (χ0v) is 16.8. The van der Waals surface area contributed by atoms with Gasteiger partial charge in [0.25, 0.3) is 0 Å². The summed E-state index contributed by atoms with van der Waals surface area (Å²) in [5.74, 6) is -0.872. The van der Waals surface area contributed by atoms with Crippen LogP contribution in [-0.4, -0.2) is 15.2 Å². The van der Waals surface area contributed by atoms with Crippen molar-refractivity contribution in [2.45, 2.75) is 75.8 Å². The fraction of sp³-hybridized carbons (Fsp3) is 0.824. The highest BCUT2D eigenvalue weighted by Gasteiger charge is 2.40. The van der Waals surface area contributed by atoms with Crippen LogP contribution in [0.3, 0.4) is 0 Å². The SMILES string of the molecule is CCCCCCC1(CCCC(CC)C(=O)O)C=C(Cl)SC1Br. The highest BCUT2D eigenvalue weighted by molar-refractivity contribution is 9.11. The van der Waals surface area contributed by atoms with Crippen molar-refractivity contribution in [2.75, 3.05) is 0 Å². The van der Waals surface area contributed by atoms with Gasteiger partial charge in [-0.15, -0.1) is 0 Å². The summed E-state index contributed by atoms with van der Waals surface area (Å²) >= 11 is 11.7. The van der Waals surface area contributed by atoms with E-state index in [1.54, 1.807) is 11.8 Å². The molecule has 0 spiro atoms. The quantitative estimate of drug-likeness (QED) is 0.301. The standard InChI is InChI=1S/C17H28BrClO2S/c1-3-5-6-7-10-17(12-14(19)22-16(17)18)11-8-9-13(4-2)15(20)21/h12-13,16H,3-11H2,1-2H3,(H,20,21). The molecule has 0 saturated heterocycles. The lowest BCUT2D eigenvalue weighted by molar-refractivity contribution is -0.142. The van der Waals surface area contributed by atoms with Gasteiger partial charge in [0.05, 0.1) is 14.4 Å². The molecule has 0 aromatic rings. The fourth-order valence-corrected chi connectivity index (χ4v) is 6.14. The average molecular weight is 412 g/mol. The number of carboxylic acid groups (broad SMARTS) is 1. The highest BCUT2D eigenvalue weighted by atomic mass is 79.9. The first-order chi connectivity index (χ1) is 10.4. The summed E-state index contributed by atoms with van der Waals surface area (Å²) in [5.41, 5.74) is 0.0896. The van der Waals surface area contributed by atoms with Gasteiger partial charge in [-0.2, -0.15) is 0 Å². The minimum Gasteiger partial charge on any atom is -0.481 e. The van der Waals surface area contributed by atoms with Gasteiger partial charge in [0, 0.05) is 5.41 Å².